The predicted molar refractivity (Wildman–Crippen MR) is 145 cm³/mol. The minimum absolute atomic E-state index is 0.196. The summed E-state index contributed by atoms with van der Waals surface area (Å²) >= 11 is 0. The smallest absolute Gasteiger partial charge is 0.407 e. The number of carbonyl (C=O) groups is 1. The summed E-state index contributed by atoms with van der Waals surface area (Å²) in [5.74, 6) is 0. The Morgan fingerprint density at radius 2 is 1.15 bits per heavy atom. The lowest BCUT2D eigenvalue weighted by Gasteiger charge is -2.33. The van der Waals surface area contributed by atoms with Gasteiger partial charge in [0, 0.05) is 15.9 Å². The molecule has 4 nitrogen and oxygen atoms in total. The number of hydrogen-bond acceptors (Lipinski definition) is 3. The van der Waals surface area contributed by atoms with E-state index < -0.39 is 18.7 Å². The van der Waals surface area contributed by atoms with Gasteiger partial charge in [0.2, 0.25) is 0 Å². The maximum Gasteiger partial charge on any atom is 0.407 e. The number of carbonyl (C=O) groups excluding carboxylic acids is 1. The van der Waals surface area contributed by atoms with Crippen molar-refractivity contribution in [2.24, 2.45) is 10.2 Å². The summed E-state index contributed by atoms with van der Waals surface area (Å²) in [7, 11) is -2.33. The summed E-state index contributed by atoms with van der Waals surface area (Å²) in [4.78, 5) is 12.7. The van der Waals surface area contributed by atoms with Crippen molar-refractivity contribution in [3.05, 3.63) is 91.0 Å². The monoisotopic (exact) mass is 476 g/mol. The highest BCUT2D eigenvalue weighted by Crippen LogP contribution is 2.46. The Morgan fingerprint density at radius 3 is 1.47 bits per heavy atom. The molecule has 0 aliphatic carbocycles. The lowest BCUT2D eigenvalue weighted by Crippen LogP contribution is -2.47. The summed E-state index contributed by atoms with van der Waals surface area (Å²) < 4.78 is 11.1. The molecule has 34 heavy (non-hydrogen) atoms. The maximum absolute atomic E-state index is 12.7. The first-order valence-electron chi connectivity index (χ1n) is 11.8. The summed E-state index contributed by atoms with van der Waals surface area (Å²) in [6.45, 7) is 12.5. The molecule has 1 N–H and O–H groups in total. The van der Waals surface area contributed by atoms with Crippen LogP contribution in [0.3, 0.4) is 0 Å². The molecule has 0 unspecified atom stereocenters. The van der Waals surface area contributed by atoms with Crippen LogP contribution in [0.1, 0.15) is 41.5 Å². The van der Waals surface area contributed by atoms with Crippen molar-refractivity contribution < 1.29 is 9.53 Å². The van der Waals surface area contributed by atoms with Gasteiger partial charge < -0.3 is 10.1 Å². The molecule has 0 aromatic heterocycles. The number of ether oxygens (including phenoxy) is 1. The fraction of sp³-hybridized carbons (Fsp3) is 0.345. The molecule has 0 radical (unpaired) electrons. The number of hydrogen-bond donors (Lipinski definition) is 1. The highest BCUT2D eigenvalue weighted by atomic mass is 31.2. The van der Waals surface area contributed by atoms with Crippen LogP contribution in [0.4, 0.5) is 4.79 Å². The van der Waals surface area contributed by atoms with Gasteiger partial charge in [0.25, 0.3) is 0 Å². The van der Waals surface area contributed by atoms with Gasteiger partial charge in [-0.15, -0.1) is 0 Å². The topological polar surface area (TPSA) is 50.7 Å². The molecule has 0 aliphatic rings. The second kappa shape index (κ2) is 10.6. The van der Waals surface area contributed by atoms with Crippen molar-refractivity contribution in [2.75, 3.05) is 6.54 Å². The van der Waals surface area contributed by atoms with Gasteiger partial charge in [-0.2, -0.15) is 0 Å². The van der Waals surface area contributed by atoms with E-state index in [0.717, 1.165) is 0 Å². The molecule has 5 heteroatoms. The first kappa shape index (κ1) is 25.8. The van der Waals surface area contributed by atoms with Crippen LogP contribution in [-0.4, -0.2) is 24.3 Å². The van der Waals surface area contributed by atoms with Crippen LogP contribution < -0.4 is 21.2 Å². The van der Waals surface area contributed by atoms with Gasteiger partial charge in [0.15, 0.2) is 0 Å². The Kier molecular flexibility index (Phi) is 8.05. The quantitative estimate of drug-likeness (QED) is 0.437. The zero-order valence-corrected chi connectivity index (χ0v) is 22.1. The Morgan fingerprint density at radius 1 is 0.765 bits per heavy atom. The standard InChI is InChI=1S/C29H37N2O2P/c1-28(2,3)26(31-27(32)33-29(4,5)6)22-30-34(23-16-10-7-11-17-23,24-18-12-8-13-19-24)25-20-14-9-15-21-25/h7-21,26H,22H2,1-6H3,(H,31,32)/t26-/m0/s1. The Bertz CT molecular complexity index is 1010. The van der Waals surface area contributed by atoms with E-state index in [0.29, 0.717) is 6.54 Å². The van der Waals surface area contributed by atoms with Crippen LogP contribution in [0.2, 0.25) is 0 Å². The van der Waals surface area contributed by atoms with Crippen LogP contribution in [-0.2, 0) is 4.74 Å². The Labute approximate surface area is 204 Å². The molecule has 180 valence electrons. The SMILES string of the molecule is CC(C)(C)OC(=O)N[C@@H](CN=P(c1ccccc1)(c1ccccc1)c1ccccc1)C(C)(C)C. The normalized spacial score (nSPS) is 13.1. The lowest BCUT2D eigenvalue weighted by atomic mass is 9.87. The summed E-state index contributed by atoms with van der Waals surface area (Å²) in [5, 5.41) is 6.68. The summed E-state index contributed by atoms with van der Waals surface area (Å²) in [6.07, 6.45) is -0.411. The van der Waals surface area contributed by atoms with E-state index in [1.54, 1.807) is 0 Å². The number of nitrogens with zero attached hydrogens (tertiary/aromatic N) is 1. The number of alkyl carbamates (subject to hydrolysis) is 1. The second-order valence-corrected chi connectivity index (χ2v) is 13.6. The minimum atomic E-state index is -2.33. The molecule has 0 saturated carbocycles. The number of amides is 1. The van der Waals surface area contributed by atoms with Gasteiger partial charge in [-0.1, -0.05) is 112 Å². The number of benzene rings is 3. The molecule has 3 aromatic rings. The third kappa shape index (κ3) is 6.39. The molecule has 0 saturated heterocycles. The van der Waals surface area contributed by atoms with E-state index in [1.807, 2.05) is 39.0 Å². The van der Waals surface area contributed by atoms with Crippen LogP contribution in [0.15, 0.2) is 95.7 Å². The van der Waals surface area contributed by atoms with Crippen LogP contribution >= 0.6 is 7.05 Å². The van der Waals surface area contributed by atoms with Crippen molar-refractivity contribution in [2.45, 2.75) is 53.2 Å². The van der Waals surface area contributed by atoms with Gasteiger partial charge >= 0.3 is 6.09 Å². The highest BCUT2D eigenvalue weighted by Gasteiger charge is 2.31. The summed E-state index contributed by atoms with van der Waals surface area (Å²) in [5.41, 5.74) is -0.765. The van der Waals surface area contributed by atoms with Gasteiger partial charge in [-0.3, -0.25) is 4.74 Å². The van der Waals surface area contributed by atoms with Crippen molar-refractivity contribution in [3.8, 4) is 0 Å². The fourth-order valence-corrected chi connectivity index (χ4v) is 7.42. The average Bonchev–Trinajstić information content (AvgIpc) is 2.79. The number of rotatable bonds is 6. The lowest BCUT2D eigenvalue weighted by molar-refractivity contribution is 0.0468. The van der Waals surface area contributed by atoms with Crippen LogP contribution in [0, 0.1) is 5.41 Å². The van der Waals surface area contributed by atoms with E-state index in [4.69, 9.17) is 9.48 Å². The van der Waals surface area contributed by atoms with E-state index in [2.05, 4.69) is 98.9 Å². The molecule has 0 heterocycles. The third-order valence-corrected chi connectivity index (χ3v) is 9.33. The van der Waals surface area contributed by atoms with Crippen molar-refractivity contribution in [1.82, 2.24) is 5.32 Å². The van der Waals surface area contributed by atoms with Crippen LogP contribution in [0.25, 0.3) is 0 Å². The highest BCUT2D eigenvalue weighted by molar-refractivity contribution is 7.87. The van der Waals surface area contributed by atoms with E-state index in [9.17, 15) is 4.79 Å². The van der Waals surface area contributed by atoms with Crippen molar-refractivity contribution >= 4 is 29.1 Å². The molecule has 1 atom stereocenters. The van der Waals surface area contributed by atoms with Gasteiger partial charge in [-0.05, 0) is 26.2 Å². The largest absolute Gasteiger partial charge is 0.444 e. The first-order valence-corrected chi connectivity index (χ1v) is 13.5. The molecular weight excluding hydrogens is 439 g/mol. The molecule has 0 aliphatic heterocycles. The first-order chi connectivity index (χ1) is 16.0. The summed E-state index contributed by atoms with van der Waals surface area (Å²) in [6, 6.07) is 31.4. The Hall–Kier alpha value is -2.84. The van der Waals surface area contributed by atoms with Gasteiger partial charge in [-0.25, -0.2) is 4.79 Å². The maximum atomic E-state index is 12.7. The molecule has 1 amide bonds. The number of nitrogens with one attached hydrogen (secondary N) is 1. The zero-order chi connectivity index (χ0) is 24.8. The Balaban J connectivity index is 2.17. The van der Waals surface area contributed by atoms with Gasteiger partial charge in [0.05, 0.1) is 19.6 Å². The fourth-order valence-electron chi connectivity index (χ4n) is 3.81. The molecule has 3 aromatic carbocycles. The van der Waals surface area contributed by atoms with Gasteiger partial charge in [0.1, 0.15) is 5.60 Å². The van der Waals surface area contributed by atoms with E-state index >= 15 is 0 Å². The van der Waals surface area contributed by atoms with Crippen LogP contribution in [0.5, 0.6) is 0 Å². The molecule has 0 bridgehead atoms. The average molecular weight is 477 g/mol. The predicted octanol–water partition coefficient (Wildman–Crippen LogP) is 6.10. The second-order valence-electron chi connectivity index (χ2n) is 10.5. The molecule has 0 fully saturated rings. The third-order valence-electron chi connectivity index (χ3n) is 5.60. The van der Waals surface area contributed by atoms with Crippen molar-refractivity contribution in [3.63, 3.8) is 0 Å². The van der Waals surface area contributed by atoms with E-state index in [1.165, 1.54) is 15.9 Å². The molecular formula is C29H37N2O2P. The molecule has 3 rings (SSSR count). The molecule has 0 spiro atoms. The minimum Gasteiger partial charge on any atom is -0.444 e. The zero-order valence-electron chi connectivity index (χ0n) is 21.2. The van der Waals surface area contributed by atoms with Crippen molar-refractivity contribution in [1.29, 1.82) is 0 Å². The van der Waals surface area contributed by atoms with E-state index in [-0.39, 0.29) is 11.5 Å².